The smallest absolute Gasteiger partial charge is 0.309 e. The zero-order valence-corrected chi connectivity index (χ0v) is 16.9. The number of hydrogen-bond donors (Lipinski definition) is 2. The lowest BCUT2D eigenvalue weighted by Crippen LogP contribution is -2.43. The first-order chi connectivity index (χ1) is 13.7. The van der Waals surface area contributed by atoms with E-state index in [9.17, 15) is 22.4 Å². The van der Waals surface area contributed by atoms with E-state index in [1.54, 1.807) is 12.1 Å². The summed E-state index contributed by atoms with van der Waals surface area (Å²) in [6.07, 6.45) is 2.86. The van der Waals surface area contributed by atoms with Crippen LogP contribution in [-0.2, 0) is 19.4 Å². The summed E-state index contributed by atoms with van der Waals surface area (Å²) in [4.78, 5) is 29.6. The molecule has 1 atom stereocenters. The Morgan fingerprint density at radius 3 is 2.34 bits per heavy atom. The van der Waals surface area contributed by atoms with Crippen molar-refractivity contribution in [1.82, 2.24) is 20.5 Å². The van der Waals surface area contributed by atoms with Crippen molar-refractivity contribution in [2.45, 2.75) is 10.1 Å². The topological polar surface area (TPSA) is 108 Å². The van der Waals surface area contributed by atoms with Gasteiger partial charge in [-0.2, -0.15) is 0 Å². The summed E-state index contributed by atoms with van der Waals surface area (Å²) in [6.45, 7) is 0.487. The zero-order chi connectivity index (χ0) is 21.4. The Kier molecular flexibility index (Phi) is 7.80. The number of hydrogen-bond acceptors (Lipinski definition) is 6. The van der Waals surface area contributed by atoms with E-state index in [1.807, 2.05) is 19.0 Å². The van der Waals surface area contributed by atoms with Gasteiger partial charge in [-0.1, -0.05) is 6.07 Å². The molecule has 2 N–H and O–H groups in total. The van der Waals surface area contributed by atoms with Crippen molar-refractivity contribution >= 4 is 21.7 Å². The van der Waals surface area contributed by atoms with Crippen LogP contribution in [0.4, 0.5) is 4.39 Å². The highest BCUT2D eigenvalue weighted by atomic mass is 32.2. The number of carbonyl (C=O) groups excluding carboxylic acids is 2. The molecule has 8 nitrogen and oxygen atoms in total. The molecular formula is C19H23FN4O4S. The van der Waals surface area contributed by atoms with Gasteiger partial charge in [0.2, 0.25) is 0 Å². The van der Waals surface area contributed by atoms with Crippen LogP contribution in [0, 0.1) is 5.82 Å². The van der Waals surface area contributed by atoms with Crippen LogP contribution < -0.4 is 10.6 Å². The summed E-state index contributed by atoms with van der Waals surface area (Å²) in [5.41, 5.74) is 0.338. The molecule has 0 unspecified atom stereocenters. The maximum Gasteiger partial charge on any atom is 0.309 e. The van der Waals surface area contributed by atoms with Gasteiger partial charge >= 0.3 is 11.8 Å². The summed E-state index contributed by atoms with van der Waals surface area (Å²) in [5.74, 6) is -2.35. The lowest BCUT2D eigenvalue weighted by Gasteiger charge is -2.19. The average Bonchev–Trinajstić information content (AvgIpc) is 2.68. The molecule has 0 bridgehead atoms. The molecule has 0 radical (unpaired) electrons. The Bertz CT molecular complexity index is 934. The fraction of sp³-hybridized carbons (Fsp3) is 0.316. The number of sulfone groups is 1. The first-order valence-electron chi connectivity index (χ1n) is 8.82. The van der Waals surface area contributed by atoms with Gasteiger partial charge in [0.05, 0.1) is 4.90 Å². The van der Waals surface area contributed by atoms with Crippen molar-refractivity contribution in [2.24, 2.45) is 0 Å². The summed E-state index contributed by atoms with van der Waals surface area (Å²) >= 11 is 0. The molecule has 0 fully saturated rings. The first kappa shape index (κ1) is 22.4. The number of carbonyl (C=O) groups is 2. The van der Waals surface area contributed by atoms with Crippen LogP contribution in [0.15, 0.2) is 53.7 Å². The standard InChI is InChI=1S/C19H23FN4O4S/c1-24(2)11-10-22-18(25)19(26)23-13-17(14-4-3-9-21-12-14)29(27,28)16-7-5-15(20)6-8-16/h3-9,12,17H,10-11,13H2,1-2H3,(H,22,25)(H,23,26)/t17-/m0/s1. The Labute approximate surface area is 169 Å². The molecular weight excluding hydrogens is 399 g/mol. The molecule has 2 rings (SSSR count). The van der Waals surface area contributed by atoms with Crippen molar-refractivity contribution in [1.29, 1.82) is 0 Å². The van der Waals surface area contributed by atoms with Crippen LogP contribution in [0.25, 0.3) is 0 Å². The number of pyridine rings is 1. The van der Waals surface area contributed by atoms with Gasteiger partial charge in [0.25, 0.3) is 0 Å². The van der Waals surface area contributed by atoms with Gasteiger partial charge in [0, 0.05) is 32.0 Å². The maximum absolute atomic E-state index is 13.2. The van der Waals surface area contributed by atoms with Crippen molar-refractivity contribution in [3.05, 3.63) is 60.2 Å². The predicted molar refractivity (Wildman–Crippen MR) is 105 cm³/mol. The number of nitrogens with zero attached hydrogens (tertiary/aromatic N) is 2. The van der Waals surface area contributed by atoms with Crippen LogP contribution in [0.1, 0.15) is 10.8 Å². The lowest BCUT2D eigenvalue weighted by atomic mass is 10.2. The highest BCUT2D eigenvalue weighted by Crippen LogP contribution is 2.28. The number of likely N-dealkylation sites (N-methyl/N-ethyl adjacent to an activating group) is 1. The molecule has 2 aromatic rings. The fourth-order valence-electron chi connectivity index (χ4n) is 2.50. The quantitative estimate of drug-likeness (QED) is 0.475. The molecule has 0 aliphatic heterocycles. The van der Waals surface area contributed by atoms with Gasteiger partial charge in [-0.25, -0.2) is 12.8 Å². The van der Waals surface area contributed by atoms with Crippen molar-refractivity contribution < 1.29 is 22.4 Å². The highest BCUT2D eigenvalue weighted by Gasteiger charge is 2.30. The minimum absolute atomic E-state index is 0.0996. The van der Waals surface area contributed by atoms with Gasteiger partial charge < -0.3 is 15.5 Å². The molecule has 1 aromatic carbocycles. The molecule has 0 saturated heterocycles. The third-order valence-corrected chi connectivity index (χ3v) is 6.19. The third kappa shape index (κ3) is 6.33. The normalized spacial score (nSPS) is 12.4. The Morgan fingerprint density at radius 2 is 1.76 bits per heavy atom. The van der Waals surface area contributed by atoms with Crippen LogP contribution in [0.5, 0.6) is 0 Å². The van der Waals surface area contributed by atoms with Crippen molar-refractivity contribution in [3.8, 4) is 0 Å². The molecule has 1 heterocycles. The second-order valence-corrected chi connectivity index (χ2v) is 8.67. The minimum atomic E-state index is -3.98. The monoisotopic (exact) mass is 422 g/mol. The van der Waals surface area contributed by atoms with Crippen molar-refractivity contribution in [2.75, 3.05) is 33.7 Å². The molecule has 0 spiro atoms. The average molecular weight is 422 g/mol. The number of aromatic nitrogens is 1. The molecule has 156 valence electrons. The predicted octanol–water partition coefficient (Wildman–Crippen LogP) is 0.530. The van der Waals surface area contributed by atoms with Crippen molar-refractivity contribution in [3.63, 3.8) is 0 Å². The highest BCUT2D eigenvalue weighted by molar-refractivity contribution is 7.91. The second kappa shape index (κ2) is 10.1. The molecule has 29 heavy (non-hydrogen) atoms. The second-order valence-electron chi connectivity index (χ2n) is 6.54. The number of halogens is 1. The van der Waals surface area contributed by atoms with E-state index in [4.69, 9.17) is 0 Å². The minimum Gasteiger partial charge on any atom is -0.347 e. The zero-order valence-electron chi connectivity index (χ0n) is 16.1. The Balaban J connectivity index is 2.17. The van der Waals surface area contributed by atoms with E-state index < -0.39 is 32.7 Å². The van der Waals surface area contributed by atoms with E-state index in [1.165, 1.54) is 12.4 Å². The number of rotatable bonds is 8. The number of benzene rings is 1. The van der Waals surface area contributed by atoms with E-state index in [2.05, 4.69) is 15.6 Å². The van der Waals surface area contributed by atoms with Gasteiger partial charge in [-0.15, -0.1) is 0 Å². The third-order valence-electron chi connectivity index (χ3n) is 4.07. The number of amides is 2. The van der Waals surface area contributed by atoms with E-state index in [-0.39, 0.29) is 18.0 Å². The molecule has 1 aromatic heterocycles. The summed E-state index contributed by atoms with van der Waals surface area (Å²) in [7, 11) is -0.331. The molecule has 0 aliphatic carbocycles. The van der Waals surface area contributed by atoms with E-state index in [0.717, 1.165) is 24.3 Å². The van der Waals surface area contributed by atoms with E-state index in [0.29, 0.717) is 12.1 Å². The summed E-state index contributed by atoms with van der Waals surface area (Å²) in [6, 6.07) is 7.53. The van der Waals surface area contributed by atoms with E-state index >= 15 is 0 Å². The largest absolute Gasteiger partial charge is 0.347 e. The summed E-state index contributed by atoms with van der Waals surface area (Å²) in [5, 5.41) is 3.62. The van der Waals surface area contributed by atoms with Crippen LogP contribution in [0.3, 0.4) is 0 Å². The van der Waals surface area contributed by atoms with Crippen LogP contribution >= 0.6 is 0 Å². The molecule has 2 amide bonds. The molecule has 0 saturated carbocycles. The molecule has 10 heteroatoms. The first-order valence-corrected chi connectivity index (χ1v) is 10.4. The fourth-order valence-corrected chi connectivity index (χ4v) is 4.15. The van der Waals surface area contributed by atoms with Gasteiger partial charge in [-0.05, 0) is 50.0 Å². The van der Waals surface area contributed by atoms with Crippen LogP contribution in [0.2, 0.25) is 0 Å². The van der Waals surface area contributed by atoms with Gasteiger partial charge in [-0.3, -0.25) is 14.6 Å². The van der Waals surface area contributed by atoms with Gasteiger partial charge in [0.1, 0.15) is 11.1 Å². The number of nitrogens with one attached hydrogen (secondary N) is 2. The Morgan fingerprint density at radius 1 is 1.10 bits per heavy atom. The summed E-state index contributed by atoms with van der Waals surface area (Å²) < 4.78 is 39.3. The molecule has 0 aliphatic rings. The SMILES string of the molecule is CN(C)CCNC(=O)C(=O)NC[C@@H](c1cccnc1)S(=O)(=O)c1ccc(F)cc1. The maximum atomic E-state index is 13.2. The van der Waals surface area contributed by atoms with Gasteiger partial charge in [0.15, 0.2) is 9.84 Å². The Hall–Kier alpha value is -2.85. The van der Waals surface area contributed by atoms with Crippen LogP contribution in [-0.4, -0.2) is 63.8 Å². The lowest BCUT2D eigenvalue weighted by molar-refractivity contribution is -0.139.